The van der Waals surface area contributed by atoms with Gasteiger partial charge < -0.3 is 24.3 Å². The Balaban J connectivity index is 1.55. The van der Waals surface area contributed by atoms with E-state index in [4.69, 9.17) is 9.47 Å². The first-order valence-corrected chi connectivity index (χ1v) is 11.5. The molecule has 2 aromatic carbocycles. The van der Waals surface area contributed by atoms with Crippen LogP contribution < -0.4 is 10.1 Å². The van der Waals surface area contributed by atoms with Crippen LogP contribution in [0.3, 0.4) is 0 Å². The number of carbonyl (C=O) groups excluding carboxylic acids is 2. The van der Waals surface area contributed by atoms with E-state index >= 15 is 0 Å². The largest absolute Gasteiger partial charge is 0.497 e. The highest BCUT2D eigenvalue weighted by atomic mass is 19.1. The quantitative estimate of drug-likeness (QED) is 0.605. The van der Waals surface area contributed by atoms with Gasteiger partial charge in [-0.3, -0.25) is 9.59 Å². The summed E-state index contributed by atoms with van der Waals surface area (Å²) in [5.41, 5.74) is 0.399. The lowest BCUT2D eigenvalue weighted by atomic mass is 9.93. The van der Waals surface area contributed by atoms with Crippen molar-refractivity contribution in [3.63, 3.8) is 0 Å². The molecule has 5 rings (SSSR count). The van der Waals surface area contributed by atoms with Gasteiger partial charge in [0.1, 0.15) is 22.8 Å². The maximum atomic E-state index is 14.5. The smallest absolute Gasteiger partial charge is 0.271 e. The number of rotatable bonds is 6. The Morgan fingerprint density at radius 2 is 2.09 bits per heavy atom. The molecule has 1 aromatic heterocycles. The van der Waals surface area contributed by atoms with Crippen molar-refractivity contribution in [2.24, 2.45) is 0 Å². The minimum Gasteiger partial charge on any atom is -0.497 e. The van der Waals surface area contributed by atoms with Gasteiger partial charge in [0.25, 0.3) is 5.91 Å². The molecule has 0 aliphatic carbocycles. The molecular formula is C26H28FN3O4. The van der Waals surface area contributed by atoms with Gasteiger partial charge in [0.15, 0.2) is 0 Å². The summed E-state index contributed by atoms with van der Waals surface area (Å²) in [4.78, 5) is 28.9. The molecule has 0 saturated carbocycles. The van der Waals surface area contributed by atoms with Gasteiger partial charge in [-0.1, -0.05) is 18.2 Å². The van der Waals surface area contributed by atoms with E-state index in [-0.39, 0.29) is 31.0 Å². The molecule has 34 heavy (non-hydrogen) atoms. The maximum Gasteiger partial charge on any atom is 0.271 e. The Morgan fingerprint density at radius 1 is 1.26 bits per heavy atom. The van der Waals surface area contributed by atoms with Crippen LogP contribution in [-0.2, 0) is 22.6 Å². The lowest BCUT2D eigenvalue weighted by molar-refractivity contribution is -0.133. The van der Waals surface area contributed by atoms with E-state index in [9.17, 15) is 14.0 Å². The number of amides is 2. The van der Waals surface area contributed by atoms with Crippen LogP contribution in [0.5, 0.6) is 5.75 Å². The van der Waals surface area contributed by atoms with Crippen LogP contribution in [0.2, 0.25) is 0 Å². The molecule has 0 spiro atoms. The van der Waals surface area contributed by atoms with Gasteiger partial charge in [-0.05, 0) is 44.0 Å². The molecule has 1 saturated heterocycles. The number of carbonyl (C=O) groups is 2. The second-order valence-corrected chi connectivity index (χ2v) is 9.14. The van der Waals surface area contributed by atoms with Crippen LogP contribution in [0.1, 0.15) is 35.8 Å². The summed E-state index contributed by atoms with van der Waals surface area (Å²) < 4.78 is 27.4. The van der Waals surface area contributed by atoms with Gasteiger partial charge in [-0.15, -0.1) is 0 Å². The first-order chi connectivity index (χ1) is 16.4. The number of hydrogen-bond donors (Lipinski definition) is 1. The van der Waals surface area contributed by atoms with Crippen molar-refractivity contribution >= 4 is 22.7 Å². The monoisotopic (exact) mass is 465 g/mol. The number of nitrogens with zero attached hydrogens (tertiary/aromatic N) is 2. The van der Waals surface area contributed by atoms with Gasteiger partial charge in [0.2, 0.25) is 5.91 Å². The highest BCUT2D eigenvalue weighted by Gasteiger charge is 2.48. The second kappa shape index (κ2) is 8.76. The minimum atomic E-state index is -1.24. The van der Waals surface area contributed by atoms with Crippen LogP contribution >= 0.6 is 0 Å². The Labute approximate surface area is 197 Å². The molecule has 0 bridgehead atoms. The molecule has 3 heterocycles. The van der Waals surface area contributed by atoms with Crippen molar-refractivity contribution in [2.75, 3.05) is 20.3 Å². The van der Waals surface area contributed by atoms with Crippen molar-refractivity contribution < 1.29 is 23.5 Å². The minimum absolute atomic E-state index is 0.0137. The van der Waals surface area contributed by atoms with E-state index in [0.29, 0.717) is 30.2 Å². The predicted octanol–water partition coefficient (Wildman–Crippen LogP) is 3.50. The Kier molecular flexibility index (Phi) is 5.77. The number of fused-ring (bicyclic) bond motifs is 3. The van der Waals surface area contributed by atoms with Gasteiger partial charge in [0, 0.05) is 30.2 Å². The third kappa shape index (κ3) is 3.81. The fourth-order valence-electron chi connectivity index (χ4n) is 4.90. The van der Waals surface area contributed by atoms with E-state index in [0.717, 1.165) is 23.7 Å². The molecule has 2 unspecified atom stereocenters. The summed E-state index contributed by atoms with van der Waals surface area (Å²) in [7, 11) is 1.59. The summed E-state index contributed by atoms with van der Waals surface area (Å²) in [6.45, 7) is 3.03. The number of nitrogens with one attached hydrogen (secondary N) is 1. The lowest BCUT2D eigenvalue weighted by Gasteiger charge is -2.44. The van der Waals surface area contributed by atoms with E-state index in [2.05, 4.69) is 5.32 Å². The third-order valence-electron chi connectivity index (χ3n) is 6.93. The van der Waals surface area contributed by atoms with E-state index in [1.54, 1.807) is 32.2 Å². The first kappa shape index (κ1) is 22.4. The number of hydrogen-bond acceptors (Lipinski definition) is 4. The SMILES string of the molecule is COc1ccc2cc3n(c2c1)CC(C)(C(=O)NCC1CCCO1)N(Cc1ccccc1F)C3=O. The molecule has 8 heteroatoms. The van der Waals surface area contributed by atoms with Crippen molar-refractivity contribution in [3.05, 3.63) is 65.6 Å². The fraction of sp³-hybridized carbons (Fsp3) is 0.385. The number of methoxy groups -OCH3 is 1. The van der Waals surface area contributed by atoms with Crippen molar-refractivity contribution in [3.8, 4) is 5.75 Å². The molecule has 1 N–H and O–H groups in total. The van der Waals surface area contributed by atoms with Gasteiger partial charge >= 0.3 is 0 Å². The van der Waals surface area contributed by atoms with E-state index in [1.807, 2.05) is 28.8 Å². The van der Waals surface area contributed by atoms with E-state index < -0.39 is 11.4 Å². The van der Waals surface area contributed by atoms with Gasteiger partial charge in [-0.25, -0.2) is 4.39 Å². The van der Waals surface area contributed by atoms with Crippen LogP contribution in [0.4, 0.5) is 4.39 Å². The van der Waals surface area contributed by atoms with Gasteiger partial charge in [-0.2, -0.15) is 0 Å². The average molecular weight is 466 g/mol. The molecular weight excluding hydrogens is 437 g/mol. The molecule has 2 aliphatic heterocycles. The summed E-state index contributed by atoms with van der Waals surface area (Å²) in [5.74, 6) is -0.352. The molecule has 0 radical (unpaired) electrons. The van der Waals surface area contributed by atoms with Crippen LogP contribution in [0, 0.1) is 5.82 Å². The van der Waals surface area contributed by atoms with Gasteiger partial charge in [0.05, 0.1) is 31.8 Å². The highest BCUT2D eigenvalue weighted by molar-refractivity contribution is 6.03. The molecule has 2 aliphatic rings. The topological polar surface area (TPSA) is 72.8 Å². The van der Waals surface area contributed by atoms with E-state index in [1.165, 1.54) is 11.0 Å². The zero-order valence-corrected chi connectivity index (χ0v) is 19.3. The summed E-state index contributed by atoms with van der Waals surface area (Å²) >= 11 is 0. The Morgan fingerprint density at radius 3 is 2.82 bits per heavy atom. The number of ether oxygens (including phenoxy) is 2. The molecule has 1 fully saturated rings. The third-order valence-corrected chi connectivity index (χ3v) is 6.93. The second-order valence-electron chi connectivity index (χ2n) is 9.14. The van der Waals surface area contributed by atoms with Crippen molar-refractivity contribution in [1.82, 2.24) is 14.8 Å². The summed E-state index contributed by atoms with van der Waals surface area (Å²) in [6, 6.07) is 13.7. The highest BCUT2D eigenvalue weighted by Crippen LogP contribution is 2.35. The normalized spacial score (nSPS) is 22.1. The van der Waals surface area contributed by atoms with Crippen molar-refractivity contribution in [2.45, 2.75) is 44.5 Å². The number of benzene rings is 2. The summed E-state index contributed by atoms with van der Waals surface area (Å²) in [5, 5.41) is 3.86. The number of aromatic nitrogens is 1. The zero-order valence-electron chi connectivity index (χ0n) is 19.3. The maximum absolute atomic E-state index is 14.5. The zero-order chi connectivity index (χ0) is 23.9. The Bertz CT molecular complexity index is 1250. The predicted molar refractivity (Wildman–Crippen MR) is 125 cm³/mol. The standard InChI is InChI=1S/C26H28FN3O4/c1-26(25(32)28-14-20-7-5-11-34-20)16-29-22-13-19(33-2)10-9-17(22)12-23(29)24(31)30(26)15-18-6-3-4-8-21(18)27/h3-4,6,8-10,12-13,20H,5,7,11,14-16H2,1-2H3,(H,28,32). The fourth-order valence-corrected chi connectivity index (χ4v) is 4.90. The average Bonchev–Trinajstić information content (AvgIpc) is 3.49. The molecule has 3 aromatic rings. The molecule has 2 atom stereocenters. The van der Waals surface area contributed by atoms with Crippen molar-refractivity contribution in [1.29, 1.82) is 0 Å². The number of halogens is 1. The first-order valence-electron chi connectivity index (χ1n) is 11.5. The Hall–Kier alpha value is -3.39. The summed E-state index contributed by atoms with van der Waals surface area (Å²) in [6.07, 6.45) is 1.83. The molecule has 7 nitrogen and oxygen atoms in total. The van der Waals surface area contributed by atoms with Crippen LogP contribution in [-0.4, -0.2) is 53.2 Å². The lowest BCUT2D eigenvalue weighted by Crippen LogP contribution is -2.64. The molecule has 178 valence electrons. The van der Waals surface area contributed by atoms with Crippen LogP contribution in [0.15, 0.2) is 48.5 Å². The van der Waals surface area contributed by atoms with Crippen LogP contribution in [0.25, 0.3) is 10.9 Å². The molecule has 2 amide bonds.